The van der Waals surface area contributed by atoms with Gasteiger partial charge in [0.05, 0.1) is 5.57 Å². The summed E-state index contributed by atoms with van der Waals surface area (Å²) in [5, 5.41) is 2.02. The number of nitrogens with one attached hydrogen (secondary N) is 1. The minimum atomic E-state index is -0.560. The fourth-order valence-electron chi connectivity index (χ4n) is 1.20. The van der Waals surface area contributed by atoms with Crippen molar-refractivity contribution in [1.82, 2.24) is 10.3 Å². The van der Waals surface area contributed by atoms with Gasteiger partial charge in [-0.15, -0.1) is 0 Å². The first-order valence-electron chi connectivity index (χ1n) is 3.86. The van der Waals surface area contributed by atoms with Crippen LogP contribution in [-0.2, 0) is 9.59 Å². The van der Waals surface area contributed by atoms with Gasteiger partial charge < -0.3 is 0 Å². The first-order chi connectivity index (χ1) is 6.70. The summed E-state index contributed by atoms with van der Waals surface area (Å²) < 4.78 is 0. The first-order valence-corrected chi connectivity index (χ1v) is 4.24. The van der Waals surface area contributed by atoms with Crippen LogP contribution in [0.2, 0.25) is 0 Å². The third-order valence-electron chi connectivity index (χ3n) is 1.82. The normalized spacial score (nSPS) is 16.1. The predicted octanol–water partition coefficient (Wildman–Crippen LogP) is 0.688. The maximum Gasteiger partial charge on any atom is 0.270 e. The van der Waals surface area contributed by atoms with Crippen LogP contribution < -0.4 is 5.32 Å². The van der Waals surface area contributed by atoms with Crippen LogP contribution in [0.4, 0.5) is 0 Å². The van der Waals surface area contributed by atoms with Gasteiger partial charge in [-0.25, -0.2) is 0 Å². The molecule has 1 aromatic heterocycles. The molecule has 70 valence electrons. The second-order valence-corrected chi connectivity index (χ2v) is 3.09. The van der Waals surface area contributed by atoms with Gasteiger partial charge in [-0.2, -0.15) is 0 Å². The number of halogens is 1. The molecule has 0 atom stereocenters. The van der Waals surface area contributed by atoms with Gasteiger partial charge in [0, 0.05) is 18.0 Å². The van der Waals surface area contributed by atoms with E-state index in [2.05, 4.69) is 10.3 Å². The Balaban J connectivity index is 2.54. The van der Waals surface area contributed by atoms with Gasteiger partial charge in [-0.05, 0) is 6.07 Å². The molecule has 0 radical (unpaired) electrons. The number of hydrogen-bond acceptors (Lipinski definition) is 3. The number of carbonyl (C=O) groups excluding carboxylic acids is 2. The molecular weight excluding hydrogens is 204 g/mol. The SMILES string of the molecule is O=C1NC(=O)C(c2cccnc2)=C1Cl. The summed E-state index contributed by atoms with van der Waals surface area (Å²) in [6.45, 7) is 0. The second-order valence-electron chi connectivity index (χ2n) is 2.71. The number of hydrogen-bond donors (Lipinski definition) is 1. The van der Waals surface area contributed by atoms with E-state index in [0.717, 1.165) is 0 Å². The Hall–Kier alpha value is -1.68. The largest absolute Gasteiger partial charge is 0.287 e. The third kappa shape index (κ3) is 1.29. The number of pyridine rings is 1. The van der Waals surface area contributed by atoms with E-state index < -0.39 is 11.8 Å². The van der Waals surface area contributed by atoms with Crippen molar-refractivity contribution in [3.8, 4) is 0 Å². The molecule has 0 spiro atoms. The molecule has 1 aromatic rings. The summed E-state index contributed by atoms with van der Waals surface area (Å²) in [6, 6.07) is 3.34. The number of imide groups is 1. The first kappa shape index (κ1) is 8.90. The zero-order valence-corrected chi connectivity index (χ0v) is 7.71. The molecular formula is C9H5ClN2O2. The van der Waals surface area contributed by atoms with Crippen LogP contribution in [0, 0.1) is 0 Å². The zero-order chi connectivity index (χ0) is 10.1. The summed E-state index contributed by atoms with van der Waals surface area (Å²) in [7, 11) is 0. The molecule has 1 N–H and O–H groups in total. The van der Waals surface area contributed by atoms with E-state index in [-0.39, 0.29) is 10.6 Å². The van der Waals surface area contributed by atoms with Crippen molar-refractivity contribution in [3.05, 3.63) is 35.1 Å². The molecule has 0 unspecified atom stereocenters. The molecule has 0 aliphatic carbocycles. The fraction of sp³-hybridized carbons (Fsp3) is 0. The Kier molecular flexibility index (Phi) is 2.05. The highest BCUT2D eigenvalue weighted by Crippen LogP contribution is 2.25. The quantitative estimate of drug-likeness (QED) is 0.691. The highest BCUT2D eigenvalue weighted by molar-refractivity contribution is 6.55. The molecule has 0 aromatic carbocycles. The van der Waals surface area contributed by atoms with Gasteiger partial charge in [0.1, 0.15) is 5.03 Å². The second kappa shape index (κ2) is 3.23. The summed E-state index contributed by atoms with van der Waals surface area (Å²) in [4.78, 5) is 26.2. The number of nitrogens with zero attached hydrogens (tertiary/aromatic N) is 1. The summed E-state index contributed by atoms with van der Waals surface area (Å²) in [5.41, 5.74) is 0.727. The predicted molar refractivity (Wildman–Crippen MR) is 50.2 cm³/mol. The standard InChI is InChI=1S/C9H5ClN2O2/c10-7-6(8(13)12-9(7)14)5-2-1-3-11-4-5/h1-4H,(H,12,13,14). The molecule has 1 aliphatic heterocycles. The van der Waals surface area contributed by atoms with Gasteiger partial charge in [0.2, 0.25) is 0 Å². The van der Waals surface area contributed by atoms with Crippen molar-refractivity contribution in [1.29, 1.82) is 0 Å². The van der Waals surface area contributed by atoms with Gasteiger partial charge >= 0.3 is 0 Å². The van der Waals surface area contributed by atoms with E-state index in [1.165, 1.54) is 6.20 Å². The van der Waals surface area contributed by atoms with Crippen molar-refractivity contribution in [2.24, 2.45) is 0 Å². The van der Waals surface area contributed by atoms with Gasteiger partial charge in [-0.1, -0.05) is 17.7 Å². The number of rotatable bonds is 1. The van der Waals surface area contributed by atoms with E-state index in [0.29, 0.717) is 5.56 Å². The topological polar surface area (TPSA) is 59.1 Å². The Morgan fingerprint density at radius 3 is 2.57 bits per heavy atom. The summed E-state index contributed by atoms with van der Waals surface area (Å²) in [5.74, 6) is -1.04. The average molecular weight is 209 g/mol. The van der Waals surface area contributed by atoms with Crippen LogP contribution in [-0.4, -0.2) is 16.8 Å². The Bertz CT molecular complexity index is 439. The molecule has 0 bridgehead atoms. The highest BCUT2D eigenvalue weighted by Gasteiger charge is 2.29. The van der Waals surface area contributed by atoms with Crippen molar-refractivity contribution in [2.45, 2.75) is 0 Å². The lowest BCUT2D eigenvalue weighted by Gasteiger charge is -1.97. The molecule has 0 fully saturated rings. The number of amides is 2. The molecule has 0 saturated heterocycles. The van der Waals surface area contributed by atoms with Gasteiger partial charge in [0.15, 0.2) is 0 Å². The van der Waals surface area contributed by atoms with E-state index >= 15 is 0 Å². The average Bonchev–Trinajstić information content (AvgIpc) is 2.43. The van der Waals surface area contributed by atoms with Crippen molar-refractivity contribution in [2.75, 3.05) is 0 Å². The van der Waals surface area contributed by atoms with Crippen LogP contribution >= 0.6 is 11.6 Å². The Labute approximate surface area is 84.6 Å². The van der Waals surface area contributed by atoms with Crippen LogP contribution in [0.15, 0.2) is 29.6 Å². The van der Waals surface area contributed by atoms with E-state index in [4.69, 9.17) is 11.6 Å². The summed E-state index contributed by atoms with van der Waals surface area (Å²) >= 11 is 5.68. The maximum atomic E-state index is 11.3. The Morgan fingerprint density at radius 2 is 2.07 bits per heavy atom. The van der Waals surface area contributed by atoms with Crippen molar-refractivity contribution in [3.63, 3.8) is 0 Å². The van der Waals surface area contributed by atoms with E-state index in [1.54, 1.807) is 18.3 Å². The van der Waals surface area contributed by atoms with Crippen LogP contribution in [0.3, 0.4) is 0 Å². The molecule has 14 heavy (non-hydrogen) atoms. The van der Waals surface area contributed by atoms with Crippen molar-refractivity contribution >= 4 is 29.0 Å². The third-order valence-corrected chi connectivity index (χ3v) is 2.18. The number of carbonyl (C=O) groups is 2. The lowest BCUT2D eigenvalue weighted by atomic mass is 10.1. The molecule has 2 heterocycles. The monoisotopic (exact) mass is 208 g/mol. The maximum absolute atomic E-state index is 11.3. The molecule has 1 aliphatic rings. The molecule has 0 saturated carbocycles. The van der Waals surface area contributed by atoms with Gasteiger partial charge in [0.25, 0.3) is 11.8 Å². The molecule has 4 nitrogen and oxygen atoms in total. The van der Waals surface area contributed by atoms with Crippen LogP contribution in [0.25, 0.3) is 5.57 Å². The van der Waals surface area contributed by atoms with Crippen LogP contribution in [0.1, 0.15) is 5.56 Å². The smallest absolute Gasteiger partial charge is 0.270 e. The Morgan fingerprint density at radius 1 is 1.29 bits per heavy atom. The van der Waals surface area contributed by atoms with E-state index in [1.807, 2.05) is 0 Å². The fourth-order valence-corrected chi connectivity index (χ4v) is 1.44. The van der Waals surface area contributed by atoms with Gasteiger partial charge in [-0.3, -0.25) is 19.9 Å². The summed E-state index contributed by atoms with van der Waals surface area (Å²) in [6.07, 6.45) is 3.06. The lowest BCUT2D eigenvalue weighted by molar-refractivity contribution is -0.123. The molecule has 5 heteroatoms. The number of aromatic nitrogens is 1. The highest BCUT2D eigenvalue weighted by atomic mass is 35.5. The minimum Gasteiger partial charge on any atom is -0.287 e. The minimum absolute atomic E-state index is 0.0806. The van der Waals surface area contributed by atoms with Crippen LogP contribution in [0.5, 0.6) is 0 Å². The molecule has 2 rings (SSSR count). The van der Waals surface area contributed by atoms with E-state index in [9.17, 15) is 9.59 Å². The lowest BCUT2D eigenvalue weighted by Crippen LogP contribution is -2.22. The molecule has 2 amide bonds. The van der Waals surface area contributed by atoms with Crippen molar-refractivity contribution < 1.29 is 9.59 Å². The zero-order valence-electron chi connectivity index (χ0n) is 6.95.